The summed E-state index contributed by atoms with van der Waals surface area (Å²) in [5.74, 6) is 0. The molecule has 0 aromatic heterocycles. The van der Waals surface area contributed by atoms with Crippen LogP contribution in [0.25, 0.3) is 0 Å². The smallest absolute Gasteiger partial charge is 0.118 e. The fourth-order valence-corrected chi connectivity index (χ4v) is 1.80. The molecule has 0 aromatic rings. The number of likely N-dealkylation sites (N-methyl/N-ethyl adjacent to an activating group) is 1. The third kappa shape index (κ3) is 1.77. The Morgan fingerprint density at radius 2 is 1.86 bits per heavy atom. The molecule has 6 heteroatoms. The summed E-state index contributed by atoms with van der Waals surface area (Å²) in [4.78, 5) is 0. The molecule has 0 aromatic carbocycles. The Balaban J connectivity index is 2.84. The first kappa shape index (κ1) is 11.8. The van der Waals surface area contributed by atoms with Gasteiger partial charge in [0.1, 0.15) is 17.8 Å². The molecule has 0 heterocycles. The van der Waals surface area contributed by atoms with E-state index < -0.39 is 36.6 Å². The summed E-state index contributed by atoms with van der Waals surface area (Å²) in [5.41, 5.74) is -1.76. The molecule has 84 valence electrons. The van der Waals surface area contributed by atoms with Crippen LogP contribution in [0, 0.1) is 0 Å². The molecule has 0 spiro atoms. The molecular weight excluding hydrogens is 190 g/mol. The summed E-state index contributed by atoms with van der Waals surface area (Å²) < 4.78 is 0. The van der Waals surface area contributed by atoms with Gasteiger partial charge in [-0.15, -0.1) is 0 Å². The molecule has 1 fully saturated rings. The Morgan fingerprint density at radius 3 is 2.29 bits per heavy atom. The number of hydrogen-bond acceptors (Lipinski definition) is 6. The van der Waals surface area contributed by atoms with Crippen LogP contribution in [0.2, 0.25) is 0 Å². The maximum Gasteiger partial charge on any atom is 0.118 e. The lowest BCUT2D eigenvalue weighted by Gasteiger charge is -2.44. The minimum absolute atomic E-state index is 0.0145. The molecule has 5 unspecified atom stereocenters. The Hall–Kier alpha value is -0.240. The third-order valence-electron chi connectivity index (χ3n) is 2.85. The Labute approximate surface area is 81.8 Å². The van der Waals surface area contributed by atoms with Gasteiger partial charge in [-0.05, 0) is 13.5 Å². The van der Waals surface area contributed by atoms with Crippen molar-refractivity contribution in [1.29, 1.82) is 0 Å². The summed E-state index contributed by atoms with van der Waals surface area (Å²) in [5, 5.41) is 49.6. The van der Waals surface area contributed by atoms with Gasteiger partial charge in [0.25, 0.3) is 0 Å². The molecule has 14 heavy (non-hydrogen) atoms. The van der Waals surface area contributed by atoms with E-state index in [2.05, 4.69) is 5.32 Å². The normalized spacial score (nSPS) is 49.3. The largest absolute Gasteiger partial charge is 0.393 e. The average molecular weight is 207 g/mol. The van der Waals surface area contributed by atoms with Crippen molar-refractivity contribution in [2.75, 3.05) is 13.7 Å². The van der Waals surface area contributed by atoms with Crippen LogP contribution in [0.3, 0.4) is 0 Å². The average Bonchev–Trinajstić information content (AvgIpc) is 2.20. The number of rotatable bonds is 2. The van der Waals surface area contributed by atoms with Crippen LogP contribution in [0.5, 0.6) is 0 Å². The highest BCUT2D eigenvalue weighted by Crippen LogP contribution is 2.29. The van der Waals surface area contributed by atoms with Gasteiger partial charge in [-0.2, -0.15) is 0 Å². The first-order valence-electron chi connectivity index (χ1n) is 4.51. The van der Waals surface area contributed by atoms with E-state index >= 15 is 0 Å². The molecule has 0 saturated heterocycles. The second-order valence-electron chi connectivity index (χ2n) is 3.79. The zero-order valence-corrected chi connectivity index (χ0v) is 7.96. The van der Waals surface area contributed by atoms with Gasteiger partial charge in [-0.1, -0.05) is 0 Å². The highest BCUT2D eigenvalue weighted by atomic mass is 16.4. The second kappa shape index (κ2) is 4.09. The fraction of sp³-hybridized carbons (Fsp3) is 1.00. The summed E-state index contributed by atoms with van der Waals surface area (Å²) in [6.45, 7) is -0.657. The zero-order valence-electron chi connectivity index (χ0n) is 7.96. The van der Waals surface area contributed by atoms with E-state index in [4.69, 9.17) is 5.11 Å². The Kier molecular flexibility index (Phi) is 3.46. The standard InChI is InChI=1S/C8H17NO5/c1-9-4-2-8(14,3-10)7(13)6(12)5(4)11/h4-7,9-14H,2-3H2,1H3. The predicted octanol–water partition coefficient (Wildman–Crippen LogP) is -3.22. The van der Waals surface area contributed by atoms with Crippen molar-refractivity contribution in [3.05, 3.63) is 0 Å². The SMILES string of the molecule is CNC1CC(O)(CO)C(O)C(O)C1O. The van der Waals surface area contributed by atoms with E-state index in [1.165, 1.54) is 0 Å². The van der Waals surface area contributed by atoms with Gasteiger partial charge in [0, 0.05) is 6.04 Å². The van der Waals surface area contributed by atoms with Gasteiger partial charge in [-0.3, -0.25) is 0 Å². The van der Waals surface area contributed by atoms with Gasteiger partial charge in [-0.25, -0.2) is 0 Å². The zero-order chi connectivity index (χ0) is 10.9. The fourth-order valence-electron chi connectivity index (χ4n) is 1.80. The van der Waals surface area contributed by atoms with Gasteiger partial charge >= 0.3 is 0 Å². The number of hydrogen-bond donors (Lipinski definition) is 6. The molecule has 6 nitrogen and oxygen atoms in total. The maximum absolute atomic E-state index is 9.73. The predicted molar refractivity (Wildman–Crippen MR) is 47.5 cm³/mol. The van der Waals surface area contributed by atoms with Crippen LogP contribution in [-0.4, -0.2) is 69.1 Å². The number of nitrogens with one attached hydrogen (secondary N) is 1. The summed E-state index contributed by atoms with van der Waals surface area (Å²) >= 11 is 0. The Bertz CT molecular complexity index is 200. The van der Waals surface area contributed by atoms with Crippen LogP contribution < -0.4 is 5.32 Å². The molecule has 0 amide bonds. The lowest BCUT2D eigenvalue weighted by molar-refractivity contribution is -0.206. The van der Waals surface area contributed by atoms with Crippen molar-refractivity contribution in [1.82, 2.24) is 5.32 Å². The molecule has 0 radical (unpaired) electrons. The van der Waals surface area contributed by atoms with Gasteiger partial charge in [0.05, 0.1) is 12.7 Å². The first-order chi connectivity index (χ1) is 6.46. The van der Waals surface area contributed by atoms with Crippen molar-refractivity contribution in [3.8, 4) is 0 Å². The molecule has 0 bridgehead atoms. The van der Waals surface area contributed by atoms with Crippen molar-refractivity contribution in [2.24, 2.45) is 0 Å². The lowest BCUT2D eigenvalue weighted by Crippen LogP contribution is -2.66. The molecular formula is C8H17NO5. The maximum atomic E-state index is 9.73. The van der Waals surface area contributed by atoms with Crippen LogP contribution in [0.4, 0.5) is 0 Å². The van der Waals surface area contributed by atoms with Crippen LogP contribution >= 0.6 is 0 Å². The summed E-state index contributed by atoms with van der Waals surface area (Å²) in [7, 11) is 1.57. The lowest BCUT2D eigenvalue weighted by atomic mass is 9.76. The highest BCUT2D eigenvalue weighted by molar-refractivity contribution is 5.04. The van der Waals surface area contributed by atoms with E-state index in [0.29, 0.717) is 0 Å². The van der Waals surface area contributed by atoms with Crippen molar-refractivity contribution < 1.29 is 25.5 Å². The Morgan fingerprint density at radius 1 is 1.29 bits per heavy atom. The van der Waals surface area contributed by atoms with Crippen molar-refractivity contribution in [3.63, 3.8) is 0 Å². The quantitative estimate of drug-likeness (QED) is 0.284. The van der Waals surface area contributed by atoms with Crippen LogP contribution in [0.1, 0.15) is 6.42 Å². The second-order valence-corrected chi connectivity index (χ2v) is 3.79. The molecule has 1 rings (SSSR count). The molecule has 1 saturated carbocycles. The molecule has 5 atom stereocenters. The molecule has 0 aliphatic heterocycles. The highest BCUT2D eigenvalue weighted by Gasteiger charge is 2.50. The third-order valence-corrected chi connectivity index (χ3v) is 2.85. The van der Waals surface area contributed by atoms with E-state index in [9.17, 15) is 20.4 Å². The molecule has 1 aliphatic carbocycles. The van der Waals surface area contributed by atoms with Gasteiger partial charge in [0.2, 0.25) is 0 Å². The van der Waals surface area contributed by atoms with Crippen molar-refractivity contribution in [2.45, 2.75) is 36.4 Å². The number of aliphatic hydroxyl groups is 5. The van der Waals surface area contributed by atoms with Gasteiger partial charge < -0.3 is 30.8 Å². The monoisotopic (exact) mass is 207 g/mol. The topological polar surface area (TPSA) is 113 Å². The molecule has 1 aliphatic rings. The first-order valence-corrected chi connectivity index (χ1v) is 4.51. The number of aliphatic hydroxyl groups excluding tert-OH is 4. The van der Waals surface area contributed by atoms with Crippen LogP contribution in [-0.2, 0) is 0 Å². The van der Waals surface area contributed by atoms with Crippen molar-refractivity contribution >= 4 is 0 Å². The van der Waals surface area contributed by atoms with Crippen LogP contribution in [0.15, 0.2) is 0 Å². The van der Waals surface area contributed by atoms with E-state index in [0.717, 1.165) is 0 Å². The minimum atomic E-state index is -1.76. The van der Waals surface area contributed by atoms with E-state index in [1.54, 1.807) is 7.05 Å². The van der Waals surface area contributed by atoms with E-state index in [1.807, 2.05) is 0 Å². The van der Waals surface area contributed by atoms with E-state index in [-0.39, 0.29) is 6.42 Å². The molecule has 6 N–H and O–H groups in total. The summed E-state index contributed by atoms with van der Waals surface area (Å²) in [6.07, 6.45) is -4.16. The minimum Gasteiger partial charge on any atom is -0.393 e. The summed E-state index contributed by atoms with van der Waals surface area (Å²) in [6, 6.07) is -0.550. The van der Waals surface area contributed by atoms with Gasteiger partial charge in [0.15, 0.2) is 0 Å².